The number of likely N-dealkylation sites (N-methyl/N-ethyl adjacent to an activating group) is 1. The van der Waals surface area contributed by atoms with Crippen molar-refractivity contribution in [3.05, 3.63) is 29.6 Å². The van der Waals surface area contributed by atoms with Gasteiger partial charge in [0.15, 0.2) is 0 Å². The fourth-order valence-corrected chi connectivity index (χ4v) is 2.29. The summed E-state index contributed by atoms with van der Waals surface area (Å²) >= 11 is 0. The summed E-state index contributed by atoms with van der Waals surface area (Å²) in [5.41, 5.74) is 7.84. The van der Waals surface area contributed by atoms with Crippen molar-refractivity contribution in [3.8, 4) is 0 Å². The van der Waals surface area contributed by atoms with E-state index in [2.05, 4.69) is 4.90 Å². The van der Waals surface area contributed by atoms with Crippen molar-refractivity contribution >= 4 is 5.69 Å². The zero-order valence-electron chi connectivity index (χ0n) is 12.4. The number of halogens is 1. The Labute approximate surface area is 120 Å². The molecule has 0 heterocycles. The van der Waals surface area contributed by atoms with E-state index in [0.717, 1.165) is 30.3 Å². The van der Waals surface area contributed by atoms with Crippen molar-refractivity contribution in [2.24, 2.45) is 11.7 Å². The minimum absolute atomic E-state index is 0.0232. The summed E-state index contributed by atoms with van der Waals surface area (Å²) in [5.74, 6) is 0.586. The van der Waals surface area contributed by atoms with Gasteiger partial charge >= 0.3 is 0 Å². The molecule has 0 radical (unpaired) electrons. The van der Waals surface area contributed by atoms with Crippen molar-refractivity contribution in [1.29, 1.82) is 0 Å². The third-order valence-corrected chi connectivity index (χ3v) is 3.62. The van der Waals surface area contributed by atoms with Crippen LogP contribution in [0.3, 0.4) is 0 Å². The van der Waals surface area contributed by atoms with Crippen LogP contribution >= 0.6 is 0 Å². The third kappa shape index (κ3) is 4.76. The van der Waals surface area contributed by atoms with Gasteiger partial charge in [-0.1, -0.05) is 0 Å². The summed E-state index contributed by atoms with van der Waals surface area (Å²) in [6, 6.07) is 4.94. The predicted octanol–water partition coefficient (Wildman–Crippen LogP) is 2.58. The molecule has 1 aliphatic rings. The van der Waals surface area contributed by atoms with Crippen molar-refractivity contribution < 1.29 is 9.13 Å². The van der Waals surface area contributed by atoms with Crippen molar-refractivity contribution in [3.63, 3.8) is 0 Å². The smallest absolute Gasteiger partial charge is 0.123 e. The van der Waals surface area contributed by atoms with Gasteiger partial charge in [0.25, 0.3) is 0 Å². The molecular formula is C16H25FN2O. The van der Waals surface area contributed by atoms with E-state index in [4.69, 9.17) is 10.5 Å². The van der Waals surface area contributed by atoms with Crippen LogP contribution in [-0.2, 0) is 11.2 Å². The zero-order valence-corrected chi connectivity index (χ0v) is 12.4. The Hall–Kier alpha value is -1.13. The number of hydrogen-bond acceptors (Lipinski definition) is 3. The molecule has 0 aliphatic heterocycles. The van der Waals surface area contributed by atoms with Gasteiger partial charge in [-0.3, -0.25) is 0 Å². The first-order valence-electron chi connectivity index (χ1n) is 7.39. The number of anilines is 1. The van der Waals surface area contributed by atoms with Gasteiger partial charge in [0, 0.05) is 31.9 Å². The number of nitrogens with two attached hydrogens (primary N) is 1. The van der Waals surface area contributed by atoms with Crippen molar-refractivity contribution in [2.45, 2.75) is 32.2 Å². The Kier molecular flexibility index (Phi) is 5.38. The second-order valence-corrected chi connectivity index (χ2v) is 5.89. The normalized spacial score (nSPS) is 16.2. The lowest BCUT2D eigenvalue weighted by Gasteiger charge is -2.23. The van der Waals surface area contributed by atoms with Gasteiger partial charge in [-0.15, -0.1) is 0 Å². The second-order valence-electron chi connectivity index (χ2n) is 5.89. The standard InChI is InChI=1S/C16H25FN2O/c1-12(18)9-14-10-15(17)5-6-16(14)19(2)7-8-20-11-13-3-4-13/h5-6,10,12-13H,3-4,7-9,11,18H2,1-2H3. The van der Waals surface area contributed by atoms with Crippen LogP contribution in [0.4, 0.5) is 10.1 Å². The van der Waals surface area contributed by atoms with E-state index >= 15 is 0 Å². The lowest BCUT2D eigenvalue weighted by molar-refractivity contribution is 0.131. The zero-order chi connectivity index (χ0) is 14.5. The topological polar surface area (TPSA) is 38.5 Å². The molecule has 1 fully saturated rings. The average molecular weight is 280 g/mol. The molecule has 0 spiro atoms. The SMILES string of the molecule is CC(N)Cc1cc(F)ccc1N(C)CCOCC1CC1. The number of hydrogen-bond donors (Lipinski definition) is 1. The molecule has 112 valence electrons. The molecule has 4 heteroatoms. The van der Waals surface area contributed by atoms with Gasteiger partial charge < -0.3 is 15.4 Å². The average Bonchev–Trinajstić information content (AvgIpc) is 3.18. The molecule has 1 aliphatic carbocycles. The van der Waals surface area contributed by atoms with E-state index in [1.165, 1.54) is 18.9 Å². The maximum absolute atomic E-state index is 13.4. The molecule has 20 heavy (non-hydrogen) atoms. The Balaban J connectivity index is 1.90. The van der Waals surface area contributed by atoms with Gasteiger partial charge in [0.1, 0.15) is 5.82 Å². The molecule has 0 aromatic heterocycles. The van der Waals surface area contributed by atoms with Gasteiger partial charge in [-0.05, 0) is 55.9 Å². The molecular weight excluding hydrogens is 255 g/mol. The molecule has 1 aromatic rings. The Morgan fingerprint density at radius 3 is 2.85 bits per heavy atom. The van der Waals surface area contributed by atoms with E-state index in [1.54, 1.807) is 6.07 Å². The molecule has 1 saturated carbocycles. The summed E-state index contributed by atoms with van der Waals surface area (Å²) in [6.45, 7) is 4.34. The van der Waals surface area contributed by atoms with E-state index < -0.39 is 0 Å². The largest absolute Gasteiger partial charge is 0.379 e. The lowest BCUT2D eigenvalue weighted by Crippen LogP contribution is -2.26. The highest BCUT2D eigenvalue weighted by Crippen LogP contribution is 2.28. The second kappa shape index (κ2) is 7.04. The summed E-state index contributed by atoms with van der Waals surface area (Å²) < 4.78 is 19.0. The monoisotopic (exact) mass is 280 g/mol. The van der Waals surface area contributed by atoms with Gasteiger partial charge in [-0.25, -0.2) is 4.39 Å². The molecule has 2 N–H and O–H groups in total. The number of ether oxygens (including phenoxy) is 1. The van der Waals surface area contributed by atoms with Crippen LogP contribution in [0, 0.1) is 11.7 Å². The van der Waals surface area contributed by atoms with Crippen molar-refractivity contribution in [1.82, 2.24) is 0 Å². The lowest BCUT2D eigenvalue weighted by atomic mass is 10.0. The van der Waals surface area contributed by atoms with Crippen LogP contribution in [0.5, 0.6) is 0 Å². The Morgan fingerprint density at radius 1 is 1.45 bits per heavy atom. The quantitative estimate of drug-likeness (QED) is 0.744. The molecule has 0 bridgehead atoms. The first kappa shape index (κ1) is 15.3. The summed E-state index contributed by atoms with van der Waals surface area (Å²) in [6.07, 6.45) is 3.30. The van der Waals surface area contributed by atoms with Crippen LogP contribution in [0.15, 0.2) is 18.2 Å². The van der Waals surface area contributed by atoms with Crippen LogP contribution in [0.1, 0.15) is 25.3 Å². The Morgan fingerprint density at radius 2 is 2.20 bits per heavy atom. The molecule has 0 amide bonds. The first-order valence-corrected chi connectivity index (χ1v) is 7.39. The minimum Gasteiger partial charge on any atom is -0.379 e. The van der Waals surface area contributed by atoms with E-state index in [0.29, 0.717) is 13.0 Å². The maximum atomic E-state index is 13.4. The van der Waals surface area contributed by atoms with Gasteiger partial charge in [0.2, 0.25) is 0 Å². The molecule has 1 aromatic carbocycles. The first-order chi connectivity index (χ1) is 9.56. The fourth-order valence-electron chi connectivity index (χ4n) is 2.29. The summed E-state index contributed by atoms with van der Waals surface area (Å²) in [5, 5.41) is 0. The van der Waals surface area contributed by atoms with Crippen LogP contribution < -0.4 is 10.6 Å². The third-order valence-electron chi connectivity index (χ3n) is 3.62. The summed E-state index contributed by atoms with van der Waals surface area (Å²) in [7, 11) is 2.01. The molecule has 3 nitrogen and oxygen atoms in total. The highest BCUT2D eigenvalue weighted by Gasteiger charge is 2.21. The Bertz CT molecular complexity index is 432. The number of nitrogens with zero attached hydrogens (tertiary/aromatic N) is 1. The van der Waals surface area contributed by atoms with E-state index in [-0.39, 0.29) is 11.9 Å². The van der Waals surface area contributed by atoms with E-state index in [9.17, 15) is 4.39 Å². The van der Waals surface area contributed by atoms with Crippen LogP contribution in [0.25, 0.3) is 0 Å². The predicted molar refractivity (Wildman–Crippen MR) is 80.6 cm³/mol. The summed E-state index contributed by atoms with van der Waals surface area (Å²) in [4.78, 5) is 2.12. The molecule has 2 rings (SSSR count). The number of rotatable bonds is 8. The van der Waals surface area contributed by atoms with Gasteiger partial charge in [0.05, 0.1) is 6.61 Å². The van der Waals surface area contributed by atoms with Crippen LogP contribution in [0.2, 0.25) is 0 Å². The molecule has 1 atom stereocenters. The van der Waals surface area contributed by atoms with E-state index in [1.807, 2.05) is 20.0 Å². The molecule has 1 unspecified atom stereocenters. The van der Waals surface area contributed by atoms with Gasteiger partial charge in [-0.2, -0.15) is 0 Å². The highest BCUT2D eigenvalue weighted by atomic mass is 19.1. The van der Waals surface area contributed by atoms with Crippen molar-refractivity contribution in [2.75, 3.05) is 31.7 Å². The fraction of sp³-hybridized carbons (Fsp3) is 0.625. The molecule has 0 saturated heterocycles. The van der Waals surface area contributed by atoms with Crippen LogP contribution in [-0.4, -0.2) is 32.8 Å². The minimum atomic E-state index is -0.206. The maximum Gasteiger partial charge on any atom is 0.123 e. The number of benzene rings is 1. The highest BCUT2D eigenvalue weighted by molar-refractivity contribution is 5.53.